The fourth-order valence-corrected chi connectivity index (χ4v) is 3.77. The predicted octanol–water partition coefficient (Wildman–Crippen LogP) is 1.08. The Balaban J connectivity index is 1.86. The minimum absolute atomic E-state index is 0.0409. The number of thioether (sulfide) groups is 1. The number of aliphatic carboxylic acids is 1. The zero-order valence-electron chi connectivity index (χ0n) is 15.9. The molecule has 0 spiro atoms. The average molecular weight is 455 g/mol. The van der Waals surface area contributed by atoms with E-state index in [2.05, 4.69) is 9.97 Å². The Hall–Kier alpha value is -2.76. The molecular weight excluding hydrogens is 436 g/mol. The van der Waals surface area contributed by atoms with Crippen molar-refractivity contribution in [2.45, 2.75) is 24.2 Å². The molecule has 12 heteroatoms. The van der Waals surface area contributed by atoms with Gasteiger partial charge in [0.2, 0.25) is 0 Å². The summed E-state index contributed by atoms with van der Waals surface area (Å²) >= 11 is 6.95. The minimum Gasteiger partial charge on any atom is -0.491 e. The normalized spacial score (nSPS) is 12.2. The highest BCUT2D eigenvalue weighted by molar-refractivity contribution is 7.99. The van der Waals surface area contributed by atoms with Crippen LogP contribution in [0.5, 0.6) is 5.75 Å². The first-order valence-corrected chi connectivity index (χ1v) is 10.2. The molecule has 0 aliphatic heterocycles. The molecule has 0 saturated heterocycles. The molecular formula is C18H19ClN4O6S. The summed E-state index contributed by atoms with van der Waals surface area (Å²) in [5.74, 6) is -0.237. The molecule has 2 aromatic heterocycles. The zero-order chi connectivity index (χ0) is 21.8. The molecule has 0 fully saturated rings. The number of imidazole rings is 1. The lowest BCUT2D eigenvalue weighted by atomic mass is 10.3. The topological polar surface area (TPSA) is 139 Å². The van der Waals surface area contributed by atoms with Crippen LogP contribution < -0.4 is 16.0 Å². The van der Waals surface area contributed by atoms with Gasteiger partial charge in [0.25, 0.3) is 5.56 Å². The van der Waals surface area contributed by atoms with Gasteiger partial charge in [0.1, 0.15) is 18.5 Å². The quantitative estimate of drug-likeness (QED) is 0.408. The Labute approximate surface area is 179 Å². The van der Waals surface area contributed by atoms with E-state index in [-0.39, 0.29) is 36.5 Å². The van der Waals surface area contributed by atoms with Crippen LogP contribution in [0.4, 0.5) is 0 Å². The van der Waals surface area contributed by atoms with Gasteiger partial charge in [-0.2, -0.15) is 0 Å². The fraction of sp³-hybridized carbons (Fsp3) is 0.333. The molecule has 0 aliphatic carbocycles. The monoisotopic (exact) mass is 454 g/mol. The van der Waals surface area contributed by atoms with E-state index in [0.717, 1.165) is 11.8 Å². The van der Waals surface area contributed by atoms with Crippen LogP contribution in [-0.4, -0.2) is 53.7 Å². The highest BCUT2D eigenvalue weighted by atomic mass is 35.5. The lowest BCUT2D eigenvalue weighted by Crippen LogP contribution is -2.30. The van der Waals surface area contributed by atoms with E-state index in [1.165, 1.54) is 16.2 Å². The molecule has 0 radical (unpaired) electrons. The van der Waals surface area contributed by atoms with Gasteiger partial charge in [-0.25, -0.2) is 9.78 Å². The van der Waals surface area contributed by atoms with Crippen LogP contribution in [0.2, 0.25) is 5.02 Å². The summed E-state index contributed by atoms with van der Waals surface area (Å²) in [6.07, 6.45) is -1.11. The first-order valence-electron chi connectivity index (χ1n) is 8.87. The molecule has 160 valence electrons. The van der Waals surface area contributed by atoms with E-state index in [0.29, 0.717) is 15.9 Å². The minimum atomic E-state index is -1.01. The summed E-state index contributed by atoms with van der Waals surface area (Å²) in [6, 6.07) is 6.64. The van der Waals surface area contributed by atoms with Gasteiger partial charge in [0, 0.05) is 17.8 Å². The van der Waals surface area contributed by atoms with Gasteiger partial charge in [0.15, 0.2) is 16.3 Å². The average Bonchev–Trinajstić information content (AvgIpc) is 3.04. The van der Waals surface area contributed by atoms with E-state index >= 15 is 0 Å². The fourth-order valence-electron chi connectivity index (χ4n) is 2.71. The van der Waals surface area contributed by atoms with Crippen molar-refractivity contribution in [2.75, 3.05) is 12.4 Å². The smallest absolute Gasteiger partial charge is 0.329 e. The second-order valence-electron chi connectivity index (χ2n) is 6.41. The van der Waals surface area contributed by atoms with Crippen LogP contribution in [0.1, 0.15) is 6.42 Å². The molecule has 0 amide bonds. The Morgan fingerprint density at radius 1 is 1.33 bits per heavy atom. The van der Waals surface area contributed by atoms with Crippen molar-refractivity contribution < 1.29 is 19.7 Å². The number of carbonyl (C=O) groups is 1. The summed E-state index contributed by atoms with van der Waals surface area (Å²) in [5, 5.41) is 20.2. The van der Waals surface area contributed by atoms with Crippen LogP contribution in [0.3, 0.4) is 0 Å². The second-order valence-corrected chi connectivity index (χ2v) is 7.90. The molecule has 10 nitrogen and oxygen atoms in total. The summed E-state index contributed by atoms with van der Waals surface area (Å²) in [4.78, 5) is 41.6. The first-order chi connectivity index (χ1) is 14.3. The van der Waals surface area contributed by atoms with E-state index in [1.807, 2.05) is 0 Å². The number of aliphatic hydroxyl groups excluding tert-OH is 1. The summed E-state index contributed by atoms with van der Waals surface area (Å²) < 4.78 is 8.19. The summed E-state index contributed by atoms with van der Waals surface area (Å²) in [6.45, 7) is -0.106. The van der Waals surface area contributed by atoms with Gasteiger partial charge in [-0.15, -0.1) is 0 Å². The van der Waals surface area contributed by atoms with Crippen LogP contribution in [0, 0.1) is 0 Å². The summed E-state index contributed by atoms with van der Waals surface area (Å²) in [7, 11) is 1.46. The number of hydrogen-bond donors (Lipinski definition) is 3. The maximum absolute atomic E-state index is 12.4. The van der Waals surface area contributed by atoms with E-state index in [1.54, 1.807) is 24.3 Å². The molecule has 0 unspecified atom stereocenters. The van der Waals surface area contributed by atoms with Gasteiger partial charge >= 0.3 is 11.7 Å². The van der Waals surface area contributed by atoms with Crippen molar-refractivity contribution in [3.05, 3.63) is 50.1 Å². The van der Waals surface area contributed by atoms with E-state index in [9.17, 15) is 19.5 Å². The number of hydrogen-bond acceptors (Lipinski definition) is 7. The molecule has 0 saturated carbocycles. The van der Waals surface area contributed by atoms with Crippen LogP contribution in [-0.2, 0) is 18.4 Å². The van der Waals surface area contributed by atoms with Gasteiger partial charge in [0.05, 0.1) is 13.0 Å². The molecule has 30 heavy (non-hydrogen) atoms. The second kappa shape index (κ2) is 9.37. The van der Waals surface area contributed by atoms with E-state index < -0.39 is 23.3 Å². The number of nitrogens with zero attached hydrogens (tertiary/aromatic N) is 3. The number of halogens is 1. The predicted molar refractivity (Wildman–Crippen MR) is 112 cm³/mol. The Kier molecular flexibility index (Phi) is 6.85. The maximum Gasteiger partial charge on any atom is 0.329 e. The molecule has 0 aliphatic rings. The number of H-pyrrole nitrogens is 1. The van der Waals surface area contributed by atoms with Gasteiger partial charge in [-0.05, 0) is 24.3 Å². The molecule has 3 N–H and O–H groups in total. The number of fused-ring (bicyclic) bond motifs is 1. The first kappa shape index (κ1) is 21.9. The Bertz CT molecular complexity index is 1170. The van der Waals surface area contributed by atoms with Crippen LogP contribution in [0.15, 0.2) is 39.0 Å². The standard InChI is InChI=1S/C18H19ClN4O6S/c1-22-15-14(16(27)21-17(22)28)23(18(20-15)30-7-6-13(25)26)8-11(24)9-29-12-4-2-10(19)3-5-12/h2-5,11,24H,6-9H2,1H3,(H,25,26)(H,21,27,28)/t11-/m1/s1. The molecule has 1 atom stereocenters. The molecule has 3 aromatic rings. The number of carboxylic acids is 1. The van der Waals surface area contributed by atoms with Crippen molar-refractivity contribution >= 4 is 40.5 Å². The number of nitrogens with one attached hydrogen (secondary N) is 1. The number of aromatic amines is 1. The third-order valence-corrected chi connectivity index (χ3v) is 5.40. The number of benzene rings is 1. The van der Waals surface area contributed by atoms with Crippen molar-refractivity contribution in [3.63, 3.8) is 0 Å². The molecule has 0 bridgehead atoms. The van der Waals surface area contributed by atoms with Crippen molar-refractivity contribution in [1.82, 2.24) is 19.1 Å². The molecule has 2 heterocycles. The number of ether oxygens (including phenoxy) is 1. The van der Waals surface area contributed by atoms with E-state index in [4.69, 9.17) is 21.4 Å². The third kappa shape index (κ3) is 5.04. The zero-order valence-corrected chi connectivity index (χ0v) is 17.4. The van der Waals surface area contributed by atoms with Crippen LogP contribution in [0.25, 0.3) is 11.2 Å². The third-order valence-electron chi connectivity index (χ3n) is 4.17. The van der Waals surface area contributed by atoms with Gasteiger partial charge in [-0.1, -0.05) is 23.4 Å². The number of aromatic nitrogens is 4. The largest absolute Gasteiger partial charge is 0.491 e. The lowest BCUT2D eigenvalue weighted by molar-refractivity contribution is -0.136. The van der Waals surface area contributed by atoms with Gasteiger partial charge < -0.3 is 19.5 Å². The molecule has 1 aromatic carbocycles. The maximum atomic E-state index is 12.4. The Morgan fingerprint density at radius 3 is 2.70 bits per heavy atom. The van der Waals surface area contributed by atoms with Crippen molar-refractivity contribution in [1.29, 1.82) is 0 Å². The highest BCUT2D eigenvalue weighted by Gasteiger charge is 2.20. The van der Waals surface area contributed by atoms with Crippen LogP contribution >= 0.6 is 23.4 Å². The SMILES string of the molecule is Cn1c(=O)[nH]c(=O)c2c1nc(SCCC(=O)O)n2C[C@@H](O)COc1ccc(Cl)cc1. The summed E-state index contributed by atoms with van der Waals surface area (Å²) in [5.41, 5.74) is -1.00. The lowest BCUT2D eigenvalue weighted by Gasteiger charge is -2.15. The van der Waals surface area contributed by atoms with Crippen molar-refractivity contribution in [2.24, 2.45) is 7.05 Å². The Morgan fingerprint density at radius 2 is 2.03 bits per heavy atom. The number of carboxylic acid groups (broad SMARTS) is 1. The van der Waals surface area contributed by atoms with Crippen molar-refractivity contribution in [3.8, 4) is 5.75 Å². The molecule has 3 rings (SSSR count). The number of aryl methyl sites for hydroxylation is 1. The highest BCUT2D eigenvalue weighted by Crippen LogP contribution is 2.23. The number of rotatable bonds is 9. The van der Waals surface area contributed by atoms with Gasteiger partial charge in [-0.3, -0.25) is 19.1 Å². The number of aliphatic hydroxyl groups is 1.